The first-order valence-corrected chi connectivity index (χ1v) is 7.00. The highest BCUT2D eigenvalue weighted by molar-refractivity contribution is 7.17. The van der Waals surface area contributed by atoms with Crippen molar-refractivity contribution in [3.63, 3.8) is 0 Å². The van der Waals surface area contributed by atoms with Crippen LogP contribution in [0, 0.1) is 6.92 Å². The van der Waals surface area contributed by atoms with Crippen molar-refractivity contribution in [3.05, 3.63) is 51.5 Å². The van der Waals surface area contributed by atoms with E-state index >= 15 is 0 Å². The molecule has 0 bridgehead atoms. The number of aryl methyl sites for hydroxylation is 1. The van der Waals surface area contributed by atoms with E-state index in [9.17, 15) is 4.79 Å². The van der Waals surface area contributed by atoms with Crippen LogP contribution in [-0.4, -0.2) is 21.6 Å². The number of fused-ring (bicyclic) bond motifs is 1. The molecule has 0 aliphatic heterocycles. The lowest BCUT2D eigenvalue weighted by Gasteiger charge is -2.08. The Balaban J connectivity index is 2.07. The number of thiophene rings is 1. The number of nitrogens with zero attached hydrogens (tertiary/aromatic N) is 3. The summed E-state index contributed by atoms with van der Waals surface area (Å²) in [5, 5.41) is 1.95. The predicted octanol–water partition coefficient (Wildman–Crippen LogP) is 2.22. The SMILES string of the molecule is COc1ncccc1Cn1cnc2c(C)csc2c1=O. The zero-order valence-corrected chi connectivity index (χ0v) is 12.0. The molecule has 0 spiro atoms. The summed E-state index contributed by atoms with van der Waals surface area (Å²) in [6.07, 6.45) is 3.24. The van der Waals surface area contributed by atoms with Gasteiger partial charge in [-0.3, -0.25) is 9.36 Å². The van der Waals surface area contributed by atoms with Crippen LogP contribution in [0.2, 0.25) is 0 Å². The smallest absolute Gasteiger partial charge is 0.271 e. The quantitative estimate of drug-likeness (QED) is 0.741. The molecule has 3 aromatic rings. The molecule has 3 aromatic heterocycles. The molecule has 102 valence electrons. The summed E-state index contributed by atoms with van der Waals surface area (Å²) >= 11 is 1.43. The molecule has 0 unspecified atom stereocenters. The normalized spacial score (nSPS) is 10.9. The molecule has 20 heavy (non-hydrogen) atoms. The van der Waals surface area contributed by atoms with Crippen molar-refractivity contribution in [2.45, 2.75) is 13.5 Å². The van der Waals surface area contributed by atoms with E-state index in [2.05, 4.69) is 9.97 Å². The highest BCUT2D eigenvalue weighted by Crippen LogP contribution is 2.20. The maximum atomic E-state index is 12.4. The molecular weight excluding hydrogens is 274 g/mol. The number of aromatic nitrogens is 3. The highest BCUT2D eigenvalue weighted by Gasteiger charge is 2.10. The molecule has 0 aromatic carbocycles. The van der Waals surface area contributed by atoms with E-state index in [1.165, 1.54) is 11.3 Å². The molecule has 0 radical (unpaired) electrons. The van der Waals surface area contributed by atoms with Gasteiger partial charge in [-0.05, 0) is 23.9 Å². The first-order valence-electron chi connectivity index (χ1n) is 6.12. The van der Waals surface area contributed by atoms with E-state index in [4.69, 9.17) is 4.74 Å². The van der Waals surface area contributed by atoms with Gasteiger partial charge >= 0.3 is 0 Å². The predicted molar refractivity (Wildman–Crippen MR) is 78.5 cm³/mol. The van der Waals surface area contributed by atoms with Crippen LogP contribution in [-0.2, 0) is 6.54 Å². The third kappa shape index (κ3) is 2.08. The molecule has 6 heteroatoms. The lowest BCUT2D eigenvalue weighted by molar-refractivity contribution is 0.391. The van der Waals surface area contributed by atoms with Crippen LogP contribution < -0.4 is 10.3 Å². The average molecular weight is 287 g/mol. The summed E-state index contributed by atoms with van der Waals surface area (Å²) in [6, 6.07) is 3.71. The number of hydrogen-bond acceptors (Lipinski definition) is 5. The Bertz CT molecular complexity index is 823. The second-order valence-electron chi connectivity index (χ2n) is 4.45. The van der Waals surface area contributed by atoms with Gasteiger partial charge in [-0.25, -0.2) is 9.97 Å². The van der Waals surface area contributed by atoms with Gasteiger partial charge in [0.2, 0.25) is 5.88 Å². The van der Waals surface area contributed by atoms with Crippen molar-refractivity contribution >= 4 is 21.6 Å². The number of pyridine rings is 1. The van der Waals surface area contributed by atoms with Gasteiger partial charge in [0.15, 0.2) is 0 Å². The van der Waals surface area contributed by atoms with Crippen molar-refractivity contribution < 1.29 is 4.74 Å². The van der Waals surface area contributed by atoms with Crippen LogP contribution >= 0.6 is 11.3 Å². The Morgan fingerprint density at radius 1 is 1.40 bits per heavy atom. The molecule has 5 nitrogen and oxygen atoms in total. The van der Waals surface area contributed by atoms with Gasteiger partial charge < -0.3 is 4.74 Å². The van der Waals surface area contributed by atoms with E-state index < -0.39 is 0 Å². The molecule has 0 N–H and O–H groups in total. The zero-order chi connectivity index (χ0) is 14.1. The minimum Gasteiger partial charge on any atom is -0.481 e. The van der Waals surface area contributed by atoms with Gasteiger partial charge in [0.25, 0.3) is 5.56 Å². The largest absolute Gasteiger partial charge is 0.481 e. The molecule has 0 aliphatic rings. The fourth-order valence-corrected chi connectivity index (χ4v) is 3.03. The number of methoxy groups -OCH3 is 1. The van der Waals surface area contributed by atoms with Gasteiger partial charge in [-0.1, -0.05) is 6.07 Å². The van der Waals surface area contributed by atoms with Crippen LogP contribution in [0.4, 0.5) is 0 Å². The molecule has 0 saturated carbocycles. The van der Waals surface area contributed by atoms with E-state index in [0.29, 0.717) is 17.1 Å². The Hall–Kier alpha value is -2.21. The topological polar surface area (TPSA) is 57.0 Å². The Morgan fingerprint density at radius 3 is 3.05 bits per heavy atom. The summed E-state index contributed by atoms with van der Waals surface area (Å²) in [5.41, 5.74) is 2.65. The summed E-state index contributed by atoms with van der Waals surface area (Å²) in [6.45, 7) is 2.36. The van der Waals surface area contributed by atoms with E-state index in [-0.39, 0.29) is 5.56 Å². The van der Waals surface area contributed by atoms with Crippen LogP contribution in [0.1, 0.15) is 11.1 Å². The van der Waals surface area contributed by atoms with Gasteiger partial charge in [0, 0.05) is 11.8 Å². The molecule has 0 fully saturated rings. The standard InChI is InChI=1S/C14H13N3O2S/c1-9-7-20-12-11(9)16-8-17(14(12)18)6-10-4-3-5-15-13(10)19-2/h3-5,7-8H,6H2,1-2H3. The second kappa shape index (κ2) is 5.05. The monoisotopic (exact) mass is 287 g/mol. The maximum Gasteiger partial charge on any atom is 0.271 e. The summed E-state index contributed by atoms with van der Waals surface area (Å²) in [5.74, 6) is 0.529. The Morgan fingerprint density at radius 2 is 2.25 bits per heavy atom. The summed E-state index contributed by atoms with van der Waals surface area (Å²) in [7, 11) is 1.57. The minimum absolute atomic E-state index is 0.0287. The Kier molecular flexibility index (Phi) is 3.23. The Labute approximate surface area is 119 Å². The van der Waals surface area contributed by atoms with Crippen molar-refractivity contribution in [2.24, 2.45) is 0 Å². The highest BCUT2D eigenvalue weighted by atomic mass is 32.1. The first kappa shape index (κ1) is 12.8. The van der Waals surface area contributed by atoms with Crippen molar-refractivity contribution in [3.8, 4) is 5.88 Å². The lowest BCUT2D eigenvalue weighted by atomic mass is 10.2. The van der Waals surface area contributed by atoms with Gasteiger partial charge in [0.1, 0.15) is 4.70 Å². The second-order valence-corrected chi connectivity index (χ2v) is 5.33. The van der Waals surface area contributed by atoms with Crippen LogP contribution in [0.5, 0.6) is 5.88 Å². The van der Waals surface area contributed by atoms with Gasteiger partial charge in [-0.2, -0.15) is 0 Å². The molecule has 3 rings (SSSR count). The van der Waals surface area contributed by atoms with Crippen LogP contribution in [0.15, 0.2) is 34.8 Å². The first-order chi connectivity index (χ1) is 9.70. The van der Waals surface area contributed by atoms with Gasteiger partial charge in [-0.15, -0.1) is 11.3 Å². The molecule has 0 atom stereocenters. The fraction of sp³-hybridized carbons (Fsp3) is 0.214. The summed E-state index contributed by atoms with van der Waals surface area (Å²) in [4.78, 5) is 20.9. The average Bonchev–Trinajstić information content (AvgIpc) is 2.85. The molecule has 0 amide bonds. The molecule has 0 saturated heterocycles. The zero-order valence-electron chi connectivity index (χ0n) is 11.2. The third-order valence-corrected chi connectivity index (χ3v) is 4.18. The molecule has 3 heterocycles. The number of hydrogen-bond donors (Lipinski definition) is 0. The maximum absolute atomic E-state index is 12.4. The van der Waals surface area contributed by atoms with Crippen molar-refractivity contribution in [2.75, 3.05) is 7.11 Å². The summed E-state index contributed by atoms with van der Waals surface area (Å²) < 4.78 is 7.47. The number of rotatable bonds is 3. The van der Waals surface area contributed by atoms with Gasteiger partial charge in [0.05, 0.1) is 25.5 Å². The fourth-order valence-electron chi connectivity index (χ4n) is 2.08. The van der Waals surface area contributed by atoms with E-state index in [1.54, 1.807) is 24.2 Å². The van der Waals surface area contributed by atoms with Crippen LogP contribution in [0.3, 0.4) is 0 Å². The van der Waals surface area contributed by atoms with E-state index in [1.807, 2.05) is 24.4 Å². The van der Waals surface area contributed by atoms with Crippen molar-refractivity contribution in [1.82, 2.24) is 14.5 Å². The third-order valence-electron chi connectivity index (χ3n) is 3.11. The van der Waals surface area contributed by atoms with Crippen molar-refractivity contribution in [1.29, 1.82) is 0 Å². The number of ether oxygens (including phenoxy) is 1. The minimum atomic E-state index is -0.0287. The molecular formula is C14H13N3O2S. The van der Waals surface area contributed by atoms with Crippen LogP contribution in [0.25, 0.3) is 10.2 Å². The molecule has 0 aliphatic carbocycles. The lowest BCUT2D eigenvalue weighted by Crippen LogP contribution is -2.20. The van der Waals surface area contributed by atoms with E-state index in [0.717, 1.165) is 16.6 Å².